The van der Waals surface area contributed by atoms with Crippen molar-refractivity contribution in [1.29, 1.82) is 0 Å². The standard InChI is InChI=1S/C16H18ClNS.CO2/c1-11-9-13-10-18(8-7-16(13)19-11)12(2)14-5-3-4-6-15(14)17;2-1-3/h3-6,9,12H,7-8,10H2,1-2H3;/t12-;/m1./s1. The third-order valence-electron chi connectivity index (χ3n) is 3.92. The highest BCUT2D eigenvalue weighted by Gasteiger charge is 2.24. The molecular weight excluding hydrogens is 318 g/mol. The summed E-state index contributed by atoms with van der Waals surface area (Å²) in [7, 11) is 0. The summed E-state index contributed by atoms with van der Waals surface area (Å²) in [4.78, 5) is 21.8. The van der Waals surface area contributed by atoms with Gasteiger partial charge in [0.15, 0.2) is 0 Å². The molecule has 116 valence electrons. The van der Waals surface area contributed by atoms with Crippen LogP contribution in [0.1, 0.15) is 33.8 Å². The summed E-state index contributed by atoms with van der Waals surface area (Å²) >= 11 is 8.27. The lowest BCUT2D eigenvalue weighted by Gasteiger charge is -2.33. The van der Waals surface area contributed by atoms with Crippen LogP contribution in [0.2, 0.25) is 5.02 Å². The van der Waals surface area contributed by atoms with E-state index in [2.05, 4.69) is 36.9 Å². The SMILES string of the molecule is Cc1cc2c(s1)CCN([C@H](C)c1ccccc1Cl)C2.O=C=O. The van der Waals surface area contributed by atoms with Crippen LogP contribution < -0.4 is 0 Å². The summed E-state index contributed by atoms with van der Waals surface area (Å²) < 4.78 is 0. The Kier molecular flexibility index (Phi) is 5.92. The molecule has 0 bridgehead atoms. The number of hydrogen-bond acceptors (Lipinski definition) is 4. The van der Waals surface area contributed by atoms with Crippen LogP contribution in [0.5, 0.6) is 0 Å². The van der Waals surface area contributed by atoms with E-state index in [4.69, 9.17) is 21.2 Å². The number of carbonyl (C=O) groups excluding carboxylic acids is 2. The average Bonchev–Trinajstić information content (AvgIpc) is 2.87. The number of benzene rings is 1. The van der Waals surface area contributed by atoms with Crippen LogP contribution in [0.4, 0.5) is 0 Å². The van der Waals surface area contributed by atoms with Gasteiger partial charge in [-0.15, -0.1) is 11.3 Å². The van der Waals surface area contributed by atoms with Gasteiger partial charge in [0.2, 0.25) is 0 Å². The zero-order chi connectivity index (χ0) is 16.1. The molecule has 0 radical (unpaired) electrons. The van der Waals surface area contributed by atoms with Crippen molar-refractivity contribution in [2.75, 3.05) is 6.54 Å². The molecule has 2 heterocycles. The van der Waals surface area contributed by atoms with Gasteiger partial charge in [-0.1, -0.05) is 29.8 Å². The first kappa shape index (κ1) is 16.9. The quantitative estimate of drug-likeness (QED) is 0.823. The van der Waals surface area contributed by atoms with Crippen LogP contribution in [0.3, 0.4) is 0 Å². The topological polar surface area (TPSA) is 37.4 Å². The molecule has 1 atom stereocenters. The van der Waals surface area contributed by atoms with Gasteiger partial charge in [0.1, 0.15) is 0 Å². The van der Waals surface area contributed by atoms with E-state index in [9.17, 15) is 0 Å². The van der Waals surface area contributed by atoms with Gasteiger partial charge in [0.25, 0.3) is 0 Å². The van der Waals surface area contributed by atoms with Gasteiger partial charge < -0.3 is 0 Å². The molecule has 1 aliphatic heterocycles. The second-order valence-corrected chi connectivity index (χ2v) is 7.05. The number of hydrogen-bond donors (Lipinski definition) is 0. The Bertz CT molecular complexity index is 677. The Morgan fingerprint density at radius 3 is 2.68 bits per heavy atom. The molecule has 3 nitrogen and oxygen atoms in total. The molecule has 1 aromatic carbocycles. The highest BCUT2D eigenvalue weighted by Crippen LogP contribution is 2.33. The minimum absolute atomic E-state index is 0.250. The van der Waals surface area contributed by atoms with Gasteiger partial charge >= 0.3 is 6.15 Å². The maximum absolute atomic E-state index is 8.12. The maximum atomic E-state index is 8.12. The van der Waals surface area contributed by atoms with E-state index in [-0.39, 0.29) is 6.15 Å². The van der Waals surface area contributed by atoms with Crippen molar-refractivity contribution in [3.63, 3.8) is 0 Å². The fraction of sp³-hybridized carbons (Fsp3) is 0.353. The largest absolute Gasteiger partial charge is 0.373 e. The molecule has 0 saturated heterocycles. The normalized spacial score (nSPS) is 15.2. The summed E-state index contributed by atoms with van der Waals surface area (Å²) in [5, 5.41) is 0.877. The molecule has 0 fully saturated rings. The molecule has 0 spiro atoms. The second kappa shape index (κ2) is 7.70. The molecule has 0 N–H and O–H groups in total. The molecule has 0 amide bonds. The number of nitrogens with zero attached hydrogens (tertiary/aromatic N) is 1. The minimum Gasteiger partial charge on any atom is -0.292 e. The van der Waals surface area contributed by atoms with Gasteiger partial charge in [-0.05, 0) is 43.5 Å². The lowest BCUT2D eigenvalue weighted by Crippen LogP contribution is -2.32. The van der Waals surface area contributed by atoms with Crippen molar-refractivity contribution in [2.45, 2.75) is 32.9 Å². The van der Waals surface area contributed by atoms with E-state index in [1.165, 1.54) is 22.4 Å². The van der Waals surface area contributed by atoms with E-state index in [1.807, 2.05) is 23.5 Å². The summed E-state index contributed by atoms with van der Waals surface area (Å²) in [6, 6.07) is 10.9. The molecule has 2 aromatic rings. The number of thiophene rings is 1. The second-order valence-electron chi connectivity index (χ2n) is 5.31. The molecule has 0 aliphatic carbocycles. The van der Waals surface area contributed by atoms with Gasteiger partial charge in [-0.25, -0.2) is 0 Å². The van der Waals surface area contributed by atoms with E-state index in [0.717, 1.165) is 18.1 Å². The van der Waals surface area contributed by atoms with Crippen LogP contribution >= 0.6 is 22.9 Å². The van der Waals surface area contributed by atoms with Crippen molar-refractivity contribution < 1.29 is 9.59 Å². The molecule has 1 aromatic heterocycles. The first-order valence-electron chi connectivity index (χ1n) is 7.12. The number of rotatable bonds is 2. The molecule has 0 saturated carbocycles. The summed E-state index contributed by atoms with van der Waals surface area (Å²) in [6.07, 6.45) is 1.42. The number of aryl methyl sites for hydroxylation is 1. The van der Waals surface area contributed by atoms with Crippen molar-refractivity contribution in [2.24, 2.45) is 0 Å². The zero-order valence-corrected chi connectivity index (χ0v) is 14.2. The van der Waals surface area contributed by atoms with Gasteiger partial charge in [-0.3, -0.25) is 4.90 Å². The smallest absolute Gasteiger partial charge is 0.292 e. The predicted molar refractivity (Wildman–Crippen MR) is 88.0 cm³/mol. The molecular formula is C17H18ClNO2S. The van der Waals surface area contributed by atoms with Crippen LogP contribution in [0, 0.1) is 6.92 Å². The molecule has 5 heteroatoms. The third-order valence-corrected chi connectivity index (χ3v) is 5.42. The van der Waals surface area contributed by atoms with Crippen molar-refractivity contribution >= 4 is 29.1 Å². The highest BCUT2D eigenvalue weighted by atomic mass is 35.5. The van der Waals surface area contributed by atoms with Crippen molar-refractivity contribution in [3.05, 3.63) is 56.2 Å². The summed E-state index contributed by atoms with van der Waals surface area (Å²) in [5.74, 6) is 0. The first-order valence-corrected chi connectivity index (χ1v) is 8.32. The van der Waals surface area contributed by atoms with Gasteiger partial charge in [0.05, 0.1) is 0 Å². The van der Waals surface area contributed by atoms with Crippen molar-refractivity contribution in [3.8, 4) is 0 Å². The monoisotopic (exact) mass is 335 g/mol. The first-order chi connectivity index (χ1) is 10.6. The Morgan fingerprint density at radius 1 is 1.32 bits per heavy atom. The van der Waals surface area contributed by atoms with E-state index < -0.39 is 0 Å². The van der Waals surface area contributed by atoms with Crippen LogP contribution in [-0.2, 0) is 22.6 Å². The lowest BCUT2D eigenvalue weighted by molar-refractivity contribution is -0.191. The Balaban J connectivity index is 0.000000545. The van der Waals surface area contributed by atoms with Gasteiger partial charge in [-0.2, -0.15) is 9.59 Å². The molecule has 3 rings (SSSR count). The van der Waals surface area contributed by atoms with Crippen LogP contribution in [-0.4, -0.2) is 17.6 Å². The van der Waals surface area contributed by atoms with Crippen LogP contribution in [0.25, 0.3) is 0 Å². The zero-order valence-electron chi connectivity index (χ0n) is 12.6. The fourth-order valence-corrected chi connectivity index (χ4v) is 4.18. The number of halogens is 1. The minimum atomic E-state index is 0.250. The summed E-state index contributed by atoms with van der Waals surface area (Å²) in [5.41, 5.74) is 2.74. The lowest BCUT2D eigenvalue weighted by atomic mass is 10.0. The Labute approximate surface area is 139 Å². The maximum Gasteiger partial charge on any atom is 0.373 e. The Hall–Kier alpha value is -1.45. The van der Waals surface area contributed by atoms with E-state index in [0.29, 0.717) is 6.04 Å². The van der Waals surface area contributed by atoms with Crippen molar-refractivity contribution in [1.82, 2.24) is 4.90 Å². The molecule has 22 heavy (non-hydrogen) atoms. The Morgan fingerprint density at radius 2 is 2.00 bits per heavy atom. The highest BCUT2D eigenvalue weighted by molar-refractivity contribution is 7.12. The average molecular weight is 336 g/mol. The fourth-order valence-electron chi connectivity index (χ4n) is 2.84. The van der Waals surface area contributed by atoms with Gasteiger partial charge in [0, 0.05) is 33.9 Å². The molecule has 1 aliphatic rings. The number of fused-ring (bicyclic) bond motifs is 1. The predicted octanol–water partition coefficient (Wildman–Crippen LogP) is 4.25. The van der Waals surface area contributed by atoms with Crippen LogP contribution in [0.15, 0.2) is 30.3 Å². The van der Waals surface area contributed by atoms with E-state index >= 15 is 0 Å². The summed E-state index contributed by atoms with van der Waals surface area (Å²) in [6.45, 7) is 6.63. The molecule has 0 unspecified atom stereocenters. The van der Waals surface area contributed by atoms with E-state index in [1.54, 1.807) is 4.88 Å². The third kappa shape index (κ3) is 3.84.